The molecular formula is C9H10KNO3S2. The van der Waals surface area contributed by atoms with Crippen molar-refractivity contribution in [3.63, 3.8) is 0 Å². The smallest absolute Gasteiger partial charge is 0.863 e. The Bertz CT molecular complexity index is 372. The van der Waals surface area contributed by atoms with Crippen molar-refractivity contribution in [2.45, 2.75) is 18.7 Å². The maximum Gasteiger partial charge on any atom is 1.00 e. The summed E-state index contributed by atoms with van der Waals surface area (Å²) >= 11 is 6.08. The summed E-state index contributed by atoms with van der Waals surface area (Å²) in [6, 6.07) is 0. The monoisotopic (exact) mass is 283 g/mol. The molecule has 82 valence electrons. The largest absolute Gasteiger partial charge is 1.00 e. The minimum atomic E-state index is -0.480. The van der Waals surface area contributed by atoms with Gasteiger partial charge in [-0.25, -0.2) is 0 Å². The SMILES string of the molecule is CCC1=C(C([O-])=S)N2C(=O)[C@H](CO)[C@H]2S1.[K+]. The molecule has 0 aromatic rings. The van der Waals surface area contributed by atoms with Gasteiger partial charge in [-0.3, -0.25) is 9.69 Å². The van der Waals surface area contributed by atoms with Gasteiger partial charge in [0, 0.05) is 4.91 Å². The Morgan fingerprint density at radius 3 is 2.75 bits per heavy atom. The minimum absolute atomic E-state index is 0. The molecule has 4 nitrogen and oxygen atoms in total. The average Bonchev–Trinajstić information content (AvgIpc) is 2.53. The summed E-state index contributed by atoms with van der Waals surface area (Å²) in [5, 5.41) is 19.6. The van der Waals surface area contributed by atoms with Crippen molar-refractivity contribution in [1.82, 2.24) is 4.90 Å². The Hall–Kier alpha value is 1.05. The average molecular weight is 283 g/mol. The van der Waals surface area contributed by atoms with Crippen LogP contribution < -0.4 is 56.5 Å². The summed E-state index contributed by atoms with van der Waals surface area (Å²) in [6.45, 7) is 1.76. The third kappa shape index (κ3) is 2.16. The number of thiocarbonyl (C=S) groups is 1. The van der Waals surface area contributed by atoms with Gasteiger partial charge in [0.1, 0.15) is 5.37 Å². The fourth-order valence-electron chi connectivity index (χ4n) is 1.86. The Labute approximate surface area is 146 Å². The van der Waals surface area contributed by atoms with E-state index in [0.717, 1.165) is 4.91 Å². The van der Waals surface area contributed by atoms with E-state index in [1.54, 1.807) is 0 Å². The first kappa shape index (κ1) is 15.1. The zero-order valence-corrected chi connectivity index (χ0v) is 13.9. The minimum Gasteiger partial charge on any atom is -0.863 e. The van der Waals surface area contributed by atoms with Crippen LogP contribution in [0, 0.1) is 5.92 Å². The molecule has 0 bridgehead atoms. The third-order valence-electron chi connectivity index (χ3n) is 2.63. The summed E-state index contributed by atoms with van der Waals surface area (Å²) in [5.74, 6) is -0.560. The fraction of sp³-hybridized carbons (Fsp3) is 0.556. The number of hydrogen-bond donors (Lipinski definition) is 1. The van der Waals surface area contributed by atoms with Crippen molar-refractivity contribution in [1.29, 1.82) is 0 Å². The van der Waals surface area contributed by atoms with Crippen LogP contribution in [0.2, 0.25) is 0 Å². The third-order valence-corrected chi connectivity index (χ3v) is 4.37. The van der Waals surface area contributed by atoms with Gasteiger partial charge in [0.05, 0.1) is 18.2 Å². The van der Waals surface area contributed by atoms with Crippen LogP contribution in [0.5, 0.6) is 0 Å². The molecule has 2 heterocycles. The van der Waals surface area contributed by atoms with Gasteiger partial charge in [-0.15, -0.1) is 11.8 Å². The van der Waals surface area contributed by atoms with Gasteiger partial charge in [0.15, 0.2) is 0 Å². The van der Waals surface area contributed by atoms with Crippen LogP contribution in [0.15, 0.2) is 10.6 Å². The van der Waals surface area contributed by atoms with Crippen LogP contribution in [0.25, 0.3) is 0 Å². The summed E-state index contributed by atoms with van der Waals surface area (Å²) < 4.78 is 0. The van der Waals surface area contributed by atoms with E-state index in [2.05, 4.69) is 12.2 Å². The van der Waals surface area contributed by atoms with Crippen molar-refractivity contribution >= 4 is 34.9 Å². The number of fused-ring (bicyclic) bond motifs is 1. The number of aliphatic hydroxyl groups is 1. The maximum absolute atomic E-state index is 11.6. The van der Waals surface area contributed by atoms with Crippen LogP contribution in [0.3, 0.4) is 0 Å². The van der Waals surface area contributed by atoms with Gasteiger partial charge in [-0.1, -0.05) is 19.1 Å². The molecule has 16 heavy (non-hydrogen) atoms. The van der Waals surface area contributed by atoms with Crippen LogP contribution >= 0.6 is 24.0 Å². The first-order valence-corrected chi connectivity index (χ1v) is 5.95. The number of aliphatic hydroxyl groups excluding tert-OH is 1. The molecule has 0 saturated carbocycles. The number of amides is 1. The molecule has 1 fully saturated rings. The molecule has 0 aromatic carbocycles. The quantitative estimate of drug-likeness (QED) is 0.336. The summed E-state index contributed by atoms with van der Waals surface area (Å²) in [4.78, 5) is 13.9. The number of allylic oxidation sites excluding steroid dienone is 1. The summed E-state index contributed by atoms with van der Waals surface area (Å²) in [6.07, 6.45) is 0.695. The first-order valence-electron chi connectivity index (χ1n) is 4.66. The van der Waals surface area contributed by atoms with Gasteiger partial charge in [-0.05, 0) is 11.5 Å². The van der Waals surface area contributed by atoms with Gasteiger partial charge in [-0.2, -0.15) is 0 Å². The molecule has 0 spiro atoms. The molecule has 0 aliphatic carbocycles. The Kier molecular flexibility index (Phi) is 5.47. The molecule has 2 rings (SSSR count). The molecule has 0 aromatic heterocycles. The second-order valence-electron chi connectivity index (χ2n) is 3.42. The fourth-order valence-corrected chi connectivity index (χ4v) is 3.59. The van der Waals surface area contributed by atoms with E-state index < -0.39 is 5.05 Å². The van der Waals surface area contributed by atoms with E-state index in [0.29, 0.717) is 12.1 Å². The van der Waals surface area contributed by atoms with Crippen molar-refractivity contribution in [2.75, 3.05) is 6.61 Å². The molecule has 1 amide bonds. The van der Waals surface area contributed by atoms with E-state index in [1.165, 1.54) is 16.7 Å². The second-order valence-corrected chi connectivity index (χ2v) is 5.00. The summed E-state index contributed by atoms with van der Waals surface area (Å²) in [7, 11) is 0. The van der Waals surface area contributed by atoms with E-state index in [4.69, 9.17) is 5.11 Å². The molecule has 0 unspecified atom stereocenters. The van der Waals surface area contributed by atoms with E-state index in [-0.39, 0.29) is 75.2 Å². The molecular weight excluding hydrogens is 273 g/mol. The molecule has 2 atom stereocenters. The molecule has 1 N–H and O–H groups in total. The maximum atomic E-state index is 11.6. The first-order chi connectivity index (χ1) is 7.11. The van der Waals surface area contributed by atoms with E-state index in [9.17, 15) is 9.90 Å². The molecule has 2 aliphatic rings. The van der Waals surface area contributed by atoms with E-state index in [1.807, 2.05) is 6.92 Å². The number of nitrogens with zero attached hydrogens (tertiary/aromatic N) is 1. The molecule has 1 saturated heterocycles. The molecule has 7 heteroatoms. The van der Waals surface area contributed by atoms with Gasteiger partial charge >= 0.3 is 51.4 Å². The number of carbonyl (C=O) groups excluding carboxylic acids is 1. The van der Waals surface area contributed by atoms with Gasteiger partial charge < -0.3 is 10.2 Å². The number of β-lactam (4-membered cyclic amide) rings is 1. The van der Waals surface area contributed by atoms with E-state index >= 15 is 0 Å². The zero-order chi connectivity index (χ0) is 11.2. The number of rotatable bonds is 3. The van der Waals surface area contributed by atoms with Gasteiger partial charge in [0.2, 0.25) is 5.91 Å². The predicted molar refractivity (Wildman–Crippen MR) is 58.7 cm³/mol. The Morgan fingerprint density at radius 2 is 2.31 bits per heavy atom. The van der Waals surface area contributed by atoms with Crippen molar-refractivity contribution in [2.24, 2.45) is 5.92 Å². The zero-order valence-electron chi connectivity index (χ0n) is 9.10. The second kappa shape index (κ2) is 5.79. The normalized spacial score (nSPS) is 27.4. The van der Waals surface area contributed by atoms with Crippen LogP contribution in [-0.4, -0.2) is 32.9 Å². The Morgan fingerprint density at radius 1 is 1.69 bits per heavy atom. The molecule has 0 radical (unpaired) electrons. The van der Waals surface area contributed by atoms with Crippen molar-refractivity contribution in [3.8, 4) is 0 Å². The number of hydrogen-bond acceptors (Lipinski definition) is 5. The standard InChI is InChI=1S/C9H11NO3S2.K/c1-2-5-6(9(13)14)10-7(12)4(3-11)8(10)15-5;/h4,8,11H,2-3H2,1H3,(H,13,14);/q;+1/p-1/t4-,8+;/m0./s1. The van der Waals surface area contributed by atoms with Crippen LogP contribution in [0.1, 0.15) is 13.3 Å². The number of thioether (sulfide) groups is 1. The van der Waals surface area contributed by atoms with Crippen LogP contribution in [0.4, 0.5) is 0 Å². The Balaban J connectivity index is 0.00000128. The number of carbonyl (C=O) groups is 1. The predicted octanol–water partition coefficient (Wildman–Crippen LogP) is -3.18. The topological polar surface area (TPSA) is 63.6 Å². The van der Waals surface area contributed by atoms with Crippen molar-refractivity contribution < 1.29 is 66.4 Å². The summed E-state index contributed by atoms with van der Waals surface area (Å²) in [5.41, 5.74) is 0.359. The van der Waals surface area contributed by atoms with Gasteiger partial charge in [0.25, 0.3) is 0 Å². The van der Waals surface area contributed by atoms with Crippen LogP contribution in [-0.2, 0) is 4.79 Å². The van der Waals surface area contributed by atoms with Crippen molar-refractivity contribution in [3.05, 3.63) is 10.6 Å². The molecule has 2 aliphatic heterocycles.